The van der Waals surface area contributed by atoms with Crippen LogP contribution in [0.4, 0.5) is 0 Å². The maximum atomic E-state index is 12.5. The Bertz CT molecular complexity index is 540. The van der Waals surface area contributed by atoms with Crippen molar-refractivity contribution < 1.29 is 4.74 Å². The Morgan fingerprint density at radius 1 is 1.26 bits per heavy atom. The van der Waals surface area contributed by atoms with Gasteiger partial charge in [-0.25, -0.2) is 4.74 Å². The lowest BCUT2D eigenvalue weighted by Gasteiger charge is -2.19. The lowest BCUT2D eigenvalue weighted by molar-refractivity contribution is -0.530. The van der Waals surface area contributed by atoms with Gasteiger partial charge in [0.05, 0.1) is 5.92 Å². The molecule has 2 nitrogen and oxygen atoms in total. The largest absolute Gasteiger partial charge is 0.623 e. The summed E-state index contributed by atoms with van der Waals surface area (Å²) in [5.74, 6) is 0.469. The molecule has 2 aliphatic rings. The van der Waals surface area contributed by atoms with E-state index in [-0.39, 0.29) is 5.54 Å². The van der Waals surface area contributed by atoms with E-state index in [1.165, 1.54) is 28.7 Å². The predicted molar refractivity (Wildman–Crippen MR) is 79.1 cm³/mol. The molecule has 1 aliphatic carbocycles. The van der Waals surface area contributed by atoms with Crippen molar-refractivity contribution in [2.75, 3.05) is 0 Å². The van der Waals surface area contributed by atoms with Crippen molar-refractivity contribution in [3.8, 4) is 0 Å². The number of hydroxylamine groups is 1. The summed E-state index contributed by atoms with van der Waals surface area (Å²) in [4.78, 5) is 0. The first-order valence-corrected chi connectivity index (χ1v) is 7.18. The Balaban J connectivity index is 2.02. The van der Waals surface area contributed by atoms with Crippen molar-refractivity contribution in [2.24, 2.45) is 5.92 Å². The molecule has 1 aromatic rings. The lowest BCUT2D eigenvalue weighted by atomic mass is 9.80. The van der Waals surface area contributed by atoms with E-state index in [0.717, 1.165) is 18.6 Å². The average Bonchev–Trinajstić information content (AvgIpc) is 2.62. The van der Waals surface area contributed by atoms with Gasteiger partial charge in [0.25, 0.3) is 0 Å². The topological polar surface area (TPSA) is 26.1 Å². The van der Waals surface area contributed by atoms with Gasteiger partial charge in [-0.2, -0.15) is 0 Å². The number of rotatable bonds is 1. The summed E-state index contributed by atoms with van der Waals surface area (Å²) in [5, 5.41) is 12.5. The molecule has 0 spiro atoms. The molecule has 0 amide bonds. The quantitative estimate of drug-likeness (QED) is 0.550. The Kier molecular flexibility index (Phi) is 2.96. The van der Waals surface area contributed by atoms with Gasteiger partial charge < -0.3 is 5.21 Å². The van der Waals surface area contributed by atoms with E-state index in [4.69, 9.17) is 0 Å². The number of hydrogen-bond donors (Lipinski definition) is 0. The molecular weight excluding hydrogens is 234 g/mol. The first-order valence-electron chi connectivity index (χ1n) is 7.18. The van der Waals surface area contributed by atoms with E-state index < -0.39 is 0 Å². The molecule has 1 aromatic carbocycles. The van der Waals surface area contributed by atoms with Crippen molar-refractivity contribution in [3.05, 3.63) is 46.7 Å². The summed E-state index contributed by atoms with van der Waals surface area (Å²) in [5.41, 5.74) is 3.27. The zero-order valence-corrected chi connectivity index (χ0v) is 11.7. The summed E-state index contributed by atoms with van der Waals surface area (Å²) >= 11 is 0. The third-order valence-electron chi connectivity index (χ3n) is 4.37. The highest BCUT2D eigenvalue weighted by atomic mass is 16.5. The normalized spacial score (nSPS) is 27.7. The lowest BCUT2D eigenvalue weighted by Crippen LogP contribution is -2.29. The Morgan fingerprint density at radius 2 is 2.00 bits per heavy atom. The fourth-order valence-electron chi connectivity index (χ4n) is 3.47. The number of fused-ring (bicyclic) bond motifs is 1. The van der Waals surface area contributed by atoms with Crippen LogP contribution >= 0.6 is 0 Å². The van der Waals surface area contributed by atoms with Crippen molar-refractivity contribution >= 4 is 11.8 Å². The monoisotopic (exact) mass is 255 g/mol. The minimum Gasteiger partial charge on any atom is -0.623 e. The van der Waals surface area contributed by atoms with E-state index >= 15 is 0 Å². The van der Waals surface area contributed by atoms with Crippen LogP contribution in [0, 0.1) is 11.1 Å². The molecule has 1 aliphatic heterocycles. The summed E-state index contributed by atoms with van der Waals surface area (Å²) in [6.45, 7) is 4.12. The van der Waals surface area contributed by atoms with Crippen LogP contribution in [0.3, 0.4) is 0 Å². The number of benzene rings is 1. The second-order valence-corrected chi connectivity index (χ2v) is 6.37. The van der Waals surface area contributed by atoms with E-state index in [1.54, 1.807) is 0 Å². The molecule has 0 saturated heterocycles. The third kappa shape index (κ3) is 2.20. The van der Waals surface area contributed by atoms with Crippen LogP contribution in [-0.4, -0.2) is 16.0 Å². The highest BCUT2D eigenvalue weighted by molar-refractivity contribution is 6.03. The molecule has 0 N–H and O–H groups in total. The molecule has 0 bridgehead atoms. The standard InChI is InChI=1S/C17H21NO/c1-17(2)12-15-10-6-9-14(16(15)18(17)19)11-13-7-4-3-5-8-13/h3-5,7-8,11,15H,6,9-10,12H2,1-2H3/b14-11+. The smallest absolute Gasteiger partial charge is 0.194 e. The average molecular weight is 255 g/mol. The van der Waals surface area contributed by atoms with Gasteiger partial charge in [0.1, 0.15) is 0 Å². The van der Waals surface area contributed by atoms with Gasteiger partial charge in [-0.15, -0.1) is 0 Å². The minimum atomic E-state index is -0.236. The van der Waals surface area contributed by atoms with Crippen molar-refractivity contribution in [3.63, 3.8) is 0 Å². The second-order valence-electron chi connectivity index (χ2n) is 6.37. The molecule has 1 atom stereocenters. The van der Waals surface area contributed by atoms with E-state index in [0.29, 0.717) is 5.92 Å². The Hall–Kier alpha value is -1.57. The van der Waals surface area contributed by atoms with Crippen LogP contribution in [0.5, 0.6) is 0 Å². The highest BCUT2D eigenvalue weighted by Crippen LogP contribution is 2.39. The van der Waals surface area contributed by atoms with Gasteiger partial charge in [-0.3, -0.25) is 0 Å². The number of hydrogen-bond acceptors (Lipinski definition) is 1. The van der Waals surface area contributed by atoms with E-state index in [2.05, 4.69) is 32.1 Å². The van der Waals surface area contributed by atoms with Crippen LogP contribution in [0.1, 0.15) is 45.1 Å². The maximum absolute atomic E-state index is 12.5. The molecule has 1 fully saturated rings. The van der Waals surface area contributed by atoms with Crippen LogP contribution < -0.4 is 0 Å². The summed E-state index contributed by atoms with van der Waals surface area (Å²) < 4.78 is 1.28. The van der Waals surface area contributed by atoms with Gasteiger partial charge in [-0.1, -0.05) is 30.3 Å². The molecule has 3 rings (SSSR count). The van der Waals surface area contributed by atoms with E-state index in [9.17, 15) is 5.21 Å². The number of allylic oxidation sites excluding steroid dienone is 1. The maximum Gasteiger partial charge on any atom is 0.194 e. The van der Waals surface area contributed by atoms with Crippen molar-refractivity contribution in [1.29, 1.82) is 0 Å². The van der Waals surface area contributed by atoms with Crippen LogP contribution in [0.15, 0.2) is 35.9 Å². The SMILES string of the molecule is CC1(C)CC2CCC/C(=C\c3ccccc3)C2=[N+]1[O-]. The van der Waals surface area contributed by atoms with Gasteiger partial charge in [0.15, 0.2) is 11.3 Å². The first kappa shape index (κ1) is 12.5. The Labute approximate surface area is 115 Å². The molecule has 100 valence electrons. The van der Waals surface area contributed by atoms with Crippen LogP contribution in [0.25, 0.3) is 6.08 Å². The summed E-state index contributed by atoms with van der Waals surface area (Å²) in [6.07, 6.45) is 6.61. The van der Waals surface area contributed by atoms with Gasteiger partial charge in [0.2, 0.25) is 0 Å². The molecule has 19 heavy (non-hydrogen) atoms. The van der Waals surface area contributed by atoms with Gasteiger partial charge in [-0.05, 0) is 30.9 Å². The van der Waals surface area contributed by atoms with Crippen molar-refractivity contribution in [2.45, 2.75) is 45.1 Å². The second kappa shape index (κ2) is 4.52. The van der Waals surface area contributed by atoms with Gasteiger partial charge >= 0.3 is 0 Å². The first-order chi connectivity index (χ1) is 9.08. The molecule has 1 heterocycles. The zero-order chi connectivity index (χ0) is 13.5. The molecule has 1 unspecified atom stereocenters. The van der Waals surface area contributed by atoms with Crippen LogP contribution in [-0.2, 0) is 0 Å². The third-order valence-corrected chi connectivity index (χ3v) is 4.37. The molecule has 0 aromatic heterocycles. The van der Waals surface area contributed by atoms with Crippen molar-refractivity contribution in [1.82, 2.24) is 0 Å². The molecule has 1 saturated carbocycles. The number of nitrogens with zero attached hydrogens (tertiary/aromatic N) is 1. The predicted octanol–water partition coefficient (Wildman–Crippen LogP) is 4.00. The zero-order valence-electron chi connectivity index (χ0n) is 11.7. The molecular formula is C17H21NO. The van der Waals surface area contributed by atoms with Crippen LogP contribution in [0.2, 0.25) is 0 Å². The summed E-state index contributed by atoms with van der Waals surface area (Å²) in [7, 11) is 0. The van der Waals surface area contributed by atoms with Gasteiger partial charge in [0, 0.05) is 25.8 Å². The highest BCUT2D eigenvalue weighted by Gasteiger charge is 2.46. The minimum absolute atomic E-state index is 0.236. The fourth-order valence-corrected chi connectivity index (χ4v) is 3.47. The molecule has 0 radical (unpaired) electrons. The molecule has 2 heteroatoms. The Morgan fingerprint density at radius 3 is 2.74 bits per heavy atom. The summed E-state index contributed by atoms with van der Waals surface area (Å²) in [6, 6.07) is 10.3. The van der Waals surface area contributed by atoms with E-state index in [1.807, 2.05) is 18.2 Å². The fraction of sp³-hybridized carbons (Fsp3) is 0.471.